The number of pyridine rings is 1. The summed E-state index contributed by atoms with van der Waals surface area (Å²) >= 11 is 0. The van der Waals surface area contributed by atoms with Gasteiger partial charge in [0.2, 0.25) is 0 Å². The van der Waals surface area contributed by atoms with E-state index in [-0.39, 0.29) is 18.0 Å². The minimum Gasteiger partial charge on any atom is -0.393 e. The van der Waals surface area contributed by atoms with Crippen molar-refractivity contribution in [2.75, 3.05) is 6.54 Å². The molecule has 3 unspecified atom stereocenters. The van der Waals surface area contributed by atoms with Gasteiger partial charge in [0, 0.05) is 6.04 Å². The molecular weight excluding hydrogens is 231 g/mol. The van der Waals surface area contributed by atoms with Crippen LogP contribution in [0.2, 0.25) is 0 Å². The summed E-state index contributed by atoms with van der Waals surface area (Å²) in [7, 11) is 0. The van der Waals surface area contributed by atoms with Crippen LogP contribution in [-0.2, 0) is 0 Å². The Hall–Kier alpha value is -1.00. The SMILES string of the molecule is CC(NCC1CCCC(O)C1)c1ccc(F)cn1. The van der Waals surface area contributed by atoms with Crippen LogP contribution >= 0.6 is 0 Å². The second-order valence-corrected chi connectivity index (χ2v) is 5.22. The van der Waals surface area contributed by atoms with E-state index in [9.17, 15) is 9.50 Å². The Kier molecular flexibility index (Phi) is 4.66. The van der Waals surface area contributed by atoms with E-state index in [4.69, 9.17) is 0 Å². The van der Waals surface area contributed by atoms with Gasteiger partial charge < -0.3 is 10.4 Å². The van der Waals surface area contributed by atoms with E-state index in [2.05, 4.69) is 10.3 Å². The van der Waals surface area contributed by atoms with E-state index < -0.39 is 0 Å². The number of aromatic nitrogens is 1. The lowest BCUT2D eigenvalue weighted by Crippen LogP contribution is -2.31. The highest BCUT2D eigenvalue weighted by molar-refractivity contribution is 5.08. The molecule has 1 fully saturated rings. The van der Waals surface area contributed by atoms with E-state index in [0.29, 0.717) is 5.92 Å². The van der Waals surface area contributed by atoms with E-state index in [1.54, 1.807) is 6.07 Å². The van der Waals surface area contributed by atoms with Crippen LogP contribution in [-0.4, -0.2) is 22.7 Å². The van der Waals surface area contributed by atoms with Crippen molar-refractivity contribution in [2.24, 2.45) is 5.92 Å². The first-order valence-electron chi connectivity index (χ1n) is 6.68. The van der Waals surface area contributed by atoms with Gasteiger partial charge in [-0.25, -0.2) is 4.39 Å². The molecule has 0 amide bonds. The summed E-state index contributed by atoms with van der Waals surface area (Å²) in [6.07, 6.45) is 5.22. The number of nitrogens with zero attached hydrogens (tertiary/aromatic N) is 1. The molecule has 0 aromatic carbocycles. The second-order valence-electron chi connectivity index (χ2n) is 5.22. The highest BCUT2D eigenvalue weighted by Crippen LogP contribution is 2.24. The average Bonchev–Trinajstić information content (AvgIpc) is 2.37. The number of aliphatic hydroxyl groups is 1. The van der Waals surface area contributed by atoms with Crippen molar-refractivity contribution in [1.29, 1.82) is 0 Å². The first-order valence-corrected chi connectivity index (χ1v) is 6.68. The number of halogens is 1. The first kappa shape index (κ1) is 13.4. The molecule has 100 valence electrons. The molecule has 2 rings (SSSR count). The van der Waals surface area contributed by atoms with E-state index >= 15 is 0 Å². The van der Waals surface area contributed by atoms with Gasteiger partial charge in [-0.1, -0.05) is 6.42 Å². The highest BCUT2D eigenvalue weighted by atomic mass is 19.1. The molecule has 1 aliphatic rings. The lowest BCUT2D eigenvalue weighted by atomic mass is 9.87. The number of rotatable bonds is 4. The van der Waals surface area contributed by atoms with Gasteiger partial charge >= 0.3 is 0 Å². The van der Waals surface area contributed by atoms with Gasteiger partial charge in [0.05, 0.1) is 18.0 Å². The Labute approximate surface area is 107 Å². The van der Waals surface area contributed by atoms with Crippen LogP contribution in [0.4, 0.5) is 4.39 Å². The zero-order chi connectivity index (χ0) is 13.0. The molecule has 0 bridgehead atoms. The second kappa shape index (κ2) is 6.25. The van der Waals surface area contributed by atoms with Crippen molar-refractivity contribution in [1.82, 2.24) is 10.3 Å². The third-order valence-corrected chi connectivity index (χ3v) is 3.66. The third-order valence-electron chi connectivity index (χ3n) is 3.66. The zero-order valence-corrected chi connectivity index (χ0v) is 10.8. The summed E-state index contributed by atoms with van der Waals surface area (Å²) in [6, 6.07) is 3.26. The van der Waals surface area contributed by atoms with Gasteiger partial charge in [0.15, 0.2) is 0 Å². The smallest absolute Gasteiger partial charge is 0.141 e. The maximum Gasteiger partial charge on any atom is 0.141 e. The minimum atomic E-state index is -0.304. The lowest BCUT2D eigenvalue weighted by Gasteiger charge is -2.27. The Morgan fingerprint density at radius 3 is 3.00 bits per heavy atom. The predicted molar refractivity (Wildman–Crippen MR) is 68.6 cm³/mol. The van der Waals surface area contributed by atoms with Crippen molar-refractivity contribution in [3.05, 3.63) is 29.8 Å². The molecule has 3 nitrogen and oxygen atoms in total. The topological polar surface area (TPSA) is 45.1 Å². The van der Waals surface area contributed by atoms with Gasteiger partial charge in [-0.3, -0.25) is 4.98 Å². The fourth-order valence-electron chi connectivity index (χ4n) is 2.54. The summed E-state index contributed by atoms with van der Waals surface area (Å²) in [5.41, 5.74) is 0.854. The van der Waals surface area contributed by atoms with Gasteiger partial charge in [0.25, 0.3) is 0 Å². The molecule has 1 aromatic heterocycles. The normalized spacial score (nSPS) is 25.9. The molecule has 3 atom stereocenters. The Balaban J connectivity index is 1.80. The van der Waals surface area contributed by atoms with Crippen LogP contribution in [0, 0.1) is 11.7 Å². The fraction of sp³-hybridized carbons (Fsp3) is 0.643. The first-order chi connectivity index (χ1) is 8.65. The number of hydrogen-bond donors (Lipinski definition) is 2. The van der Waals surface area contributed by atoms with Crippen LogP contribution in [0.15, 0.2) is 18.3 Å². The van der Waals surface area contributed by atoms with Crippen molar-refractivity contribution in [3.63, 3.8) is 0 Å². The maximum atomic E-state index is 12.8. The molecule has 0 radical (unpaired) electrons. The summed E-state index contributed by atoms with van der Waals surface area (Å²) in [4.78, 5) is 4.07. The molecule has 4 heteroatoms. The molecule has 0 saturated heterocycles. The molecule has 0 spiro atoms. The van der Waals surface area contributed by atoms with Gasteiger partial charge in [0.1, 0.15) is 5.82 Å². The summed E-state index contributed by atoms with van der Waals surface area (Å²) in [5, 5.41) is 13.0. The predicted octanol–water partition coefficient (Wildman–Crippen LogP) is 2.42. The molecule has 1 heterocycles. The van der Waals surface area contributed by atoms with E-state index in [1.807, 2.05) is 6.92 Å². The molecular formula is C14H21FN2O. The standard InChI is InChI=1S/C14H21FN2O/c1-10(14-6-5-12(15)9-17-14)16-8-11-3-2-4-13(18)7-11/h5-6,9-11,13,16,18H,2-4,7-8H2,1H3. The highest BCUT2D eigenvalue weighted by Gasteiger charge is 2.20. The number of hydrogen-bond acceptors (Lipinski definition) is 3. The lowest BCUT2D eigenvalue weighted by molar-refractivity contribution is 0.0997. The van der Waals surface area contributed by atoms with Gasteiger partial charge in [-0.15, -0.1) is 0 Å². The van der Waals surface area contributed by atoms with Gasteiger partial charge in [-0.05, 0) is 50.8 Å². The van der Waals surface area contributed by atoms with Crippen LogP contribution in [0.5, 0.6) is 0 Å². The van der Waals surface area contributed by atoms with E-state index in [0.717, 1.165) is 31.5 Å². The Morgan fingerprint density at radius 1 is 1.50 bits per heavy atom. The molecule has 18 heavy (non-hydrogen) atoms. The third kappa shape index (κ3) is 3.75. The number of aliphatic hydroxyl groups excluding tert-OH is 1. The largest absolute Gasteiger partial charge is 0.393 e. The monoisotopic (exact) mass is 252 g/mol. The summed E-state index contributed by atoms with van der Waals surface area (Å²) < 4.78 is 12.8. The molecule has 1 aliphatic carbocycles. The van der Waals surface area contributed by atoms with Crippen LogP contribution < -0.4 is 5.32 Å². The fourth-order valence-corrected chi connectivity index (χ4v) is 2.54. The molecule has 1 saturated carbocycles. The average molecular weight is 252 g/mol. The molecule has 1 aromatic rings. The minimum absolute atomic E-state index is 0.115. The van der Waals surface area contributed by atoms with Crippen molar-refractivity contribution < 1.29 is 9.50 Å². The quantitative estimate of drug-likeness (QED) is 0.865. The summed E-state index contributed by atoms with van der Waals surface area (Å²) in [6.45, 7) is 2.91. The van der Waals surface area contributed by atoms with E-state index in [1.165, 1.54) is 18.7 Å². The van der Waals surface area contributed by atoms with Crippen LogP contribution in [0.1, 0.15) is 44.3 Å². The molecule has 0 aliphatic heterocycles. The zero-order valence-electron chi connectivity index (χ0n) is 10.8. The van der Waals surface area contributed by atoms with Crippen molar-refractivity contribution in [3.8, 4) is 0 Å². The Bertz CT molecular complexity index is 369. The van der Waals surface area contributed by atoms with Gasteiger partial charge in [-0.2, -0.15) is 0 Å². The summed E-state index contributed by atoms with van der Waals surface area (Å²) in [5.74, 6) is 0.234. The van der Waals surface area contributed by atoms with Crippen LogP contribution in [0.3, 0.4) is 0 Å². The maximum absolute atomic E-state index is 12.8. The van der Waals surface area contributed by atoms with Crippen molar-refractivity contribution >= 4 is 0 Å². The van der Waals surface area contributed by atoms with Crippen LogP contribution in [0.25, 0.3) is 0 Å². The Morgan fingerprint density at radius 2 is 2.33 bits per heavy atom. The number of nitrogens with one attached hydrogen (secondary N) is 1. The molecule has 2 N–H and O–H groups in total. The van der Waals surface area contributed by atoms with Crippen molar-refractivity contribution in [2.45, 2.75) is 44.8 Å².